The zero-order valence-electron chi connectivity index (χ0n) is 24.8. The fraction of sp³-hybridized carbons (Fsp3) is 0.189. The third-order valence-electron chi connectivity index (χ3n) is 8.08. The first-order valence-corrected chi connectivity index (χ1v) is 16.4. The first kappa shape index (κ1) is 28.2. The zero-order chi connectivity index (χ0) is 29.4. The number of fused-ring (bicyclic) bond motifs is 3. The van der Waals surface area contributed by atoms with E-state index in [4.69, 9.17) is 9.98 Å². The predicted octanol–water partition coefficient (Wildman–Crippen LogP) is 10.6. The van der Waals surface area contributed by atoms with Crippen molar-refractivity contribution in [2.75, 3.05) is 6.26 Å². The van der Waals surface area contributed by atoms with Gasteiger partial charge >= 0.3 is 0 Å². The van der Waals surface area contributed by atoms with E-state index >= 15 is 0 Å². The van der Waals surface area contributed by atoms with E-state index in [1.165, 1.54) is 53.6 Å². The topological polar surface area (TPSA) is 36.8 Å². The van der Waals surface area contributed by atoms with Gasteiger partial charge in [-0.05, 0) is 84.2 Å². The second-order valence-corrected chi connectivity index (χ2v) is 12.6. The van der Waals surface area contributed by atoms with Gasteiger partial charge in [0.15, 0.2) is 5.84 Å². The van der Waals surface area contributed by atoms with Crippen LogP contribution in [0.3, 0.4) is 0 Å². The number of rotatable bonds is 7. The molecule has 6 rings (SSSR count). The van der Waals surface area contributed by atoms with Crippen molar-refractivity contribution in [2.24, 2.45) is 9.98 Å². The van der Waals surface area contributed by atoms with Gasteiger partial charge in [0, 0.05) is 37.1 Å². The molecule has 0 amide bonds. The summed E-state index contributed by atoms with van der Waals surface area (Å²) in [5.74, 6) is 1.69. The monoisotopic (exact) mass is 585 g/mol. The van der Waals surface area contributed by atoms with Crippen LogP contribution in [0.25, 0.3) is 42.4 Å². The van der Waals surface area contributed by atoms with E-state index < -0.39 is 0 Å². The minimum Gasteiger partial charge on any atom is -0.348 e. The molecular formula is C37H35N3S2. The van der Waals surface area contributed by atoms with Crippen LogP contribution in [0.1, 0.15) is 43.1 Å². The summed E-state index contributed by atoms with van der Waals surface area (Å²) < 4.78 is 2.62. The van der Waals surface area contributed by atoms with Crippen LogP contribution in [-0.4, -0.2) is 17.9 Å². The molecule has 1 aliphatic heterocycles. The highest BCUT2D eigenvalue weighted by Crippen LogP contribution is 2.42. The number of hydrogen-bond acceptors (Lipinski definition) is 5. The molecule has 1 aliphatic rings. The molecule has 0 aliphatic carbocycles. The fourth-order valence-corrected chi connectivity index (χ4v) is 7.05. The molecule has 0 bridgehead atoms. The smallest absolute Gasteiger partial charge is 0.159 e. The molecule has 0 fully saturated rings. The van der Waals surface area contributed by atoms with Crippen LogP contribution in [-0.2, 0) is 0 Å². The second kappa shape index (κ2) is 11.7. The van der Waals surface area contributed by atoms with Crippen LogP contribution in [0, 0.1) is 13.8 Å². The molecule has 1 atom stereocenters. The second-order valence-electron chi connectivity index (χ2n) is 10.7. The van der Waals surface area contributed by atoms with Gasteiger partial charge in [-0.2, -0.15) is 0 Å². The average Bonchev–Trinajstić information content (AvgIpc) is 3.40. The van der Waals surface area contributed by atoms with Gasteiger partial charge in [-0.1, -0.05) is 80.2 Å². The summed E-state index contributed by atoms with van der Waals surface area (Å²) in [5.41, 5.74) is 9.73. The number of benzene rings is 4. The number of hydrogen-bond donors (Lipinski definition) is 1. The molecular weight excluding hydrogens is 551 g/mol. The molecule has 1 N–H and O–H groups in total. The fourth-order valence-electron chi connectivity index (χ4n) is 5.51. The van der Waals surface area contributed by atoms with Crippen LogP contribution in [0.15, 0.2) is 112 Å². The molecule has 0 saturated carbocycles. The number of allylic oxidation sites excluding steroid dienone is 1. The highest BCUT2D eigenvalue weighted by Gasteiger charge is 2.21. The Morgan fingerprint density at radius 1 is 0.929 bits per heavy atom. The maximum Gasteiger partial charge on any atom is 0.159 e. The number of thiophene rings is 1. The lowest BCUT2D eigenvalue weighted by Gasteiger charge is -2.24. The molecule has 1 aromatic heterocycles. The molecule has 42 heavy (non-hydrogen) atoms. The Balaban J connectivity index is 1.39. The van der Waals surface area contributed by atoms with Gasteiger partial charge in [-0.25, -0.2) is 9.98 Å². The van der Waals surface area contributed by atoms with Gasteiger partial charge in [0.25, 0.3) is 0 Å². The van der Waals surface area contributed by atoms with E-state index in [9.17, 15) is 0 Å². The largest absolute Gasteiger partial charge is 0.348 e. The van der Waals surface area contributed by atoms with Gasteiger partial charge < -0.3 is 5.32 Å². The summed E-state index contributed by atoms with van der Waals surface area (Å²) in [6.07, 6.45) is 4.71. The maximum absolute atomic E-state index is 5.00. The first-order valence-electron chi connectivity index (χ1n) is 14.3. The van der Waals surface area contributed by atoms with Crippen molar-refractivity contribution >= 4 is 54.9 Å². The van der Waals surface area contributed by atoms with Crippen LogP contribution >= 0.6 is 23.1 Å². The van der Waals surface area contributed by atoms with Crippen molar-refractivity contribution < 1.29 is 0 Å². The summed E-state index contributed by atoms with van der Waals surface area (Å²) >= 11 is 3.49. The van der Waals surface area contributed by atoms with Crippen LogP contribution in [0.5, 0.6) is 0 Å². The Hall–Kier alpha value is -3.93. The van der Waals surface area contributed by atoms with E-state index in [-0.39, 0.29) is 6.17 Å². The molecule has 5 aromatic rings. The van der Waals surface area contributed by atoms with Crippen molar-refractivity contribution in [3.8, 4) is 22.3 Å². The van der Waals surface area contributed by atoms with Gasteiger partial charge in [0.2, 0.25) is 0 Å². The Bertz CT molecular complexity index is 1920. The summed E-state index contributed by atoms with van der Waals surface area (Å²) in [6, 6.07) is 29.1. The number of nitrogens with zero attached hydrogens (tertiary/aromatic N) is 2. The van der Waals surface area contributed by atoms with Crippen molar-refractivity contribution in [1.29, 1.82) is 0 Å². The number of nitrogens with one attached hydrogen (secondary N) is 1. The first-order chi connectivity index (χ1) is 20.4. The van der Waals surface area contributed by atoms with Crippen molar-refractivity contribution in [2.45, 2.75) is 40.3 Å². The quantitative estimate of drug-likeness (QED) is 0.193. The molecule has 210 valence electrons. The number of amidine groups is 2. The third-order valence-corrected chi connectivity index (χ3v) is 9.93. The predicted molar refractivity (Wildman–Crippen MR) is 187 cm³/mol. The molecule has 5 heteroatoms. The van der Waals surface area contributed by atoms with Gasteiger partial charge in [0.05, 0.1) is 0 Å². The standard InChI is InChI=1S/C37H35N3S2/c1-7-29(24(5)41-6)37-39-34(8-2)38-36(40-37)26-16-14-25(15-17-26)30-10-9-11-33-35(30)31-21-28(18-19-32(31)42-33)27-13-12-22(3)23(4)20-27/h7,9-21,36H,5,8H2,1-4,6H3,(H,38,39,40)/b29-7+. The average molecular weight is 586 g/mol. The summed E-state index contributed by atoms with van der Waals surface area (Å²) in [6.45, 7) is 12.7. The number of aryl methyl sites for hydroxylation is 2. The lowest BCUT2D eigenvalue weighted by molar-refractivity contribution is 0.665. The molecule has 1 unspecified atom stereocenters. The molecule has 2 heterocycles. The van der Waals surface area contributed by atoms with Crippen LogP contribution in [0.2, 0.25) is 0 Å². The molecule has 0 radical (unpaired) electrons. The Labute approximate surface area is 256 Å². The van der Waals surface area contributed by atoms with E-state index in [0.29, 0.717) is 0 Å². The Morgan fingerprint density at radius 3 is 2.38 bits per heavy atom. The normalized spacial score (nSPS) is 15.5. The molecule has 0 spiro atoms. The molecule has 3 nitrogen and oxygen atoms in total. The third kappa shape index (κ3) is 5.23. The number of aliphatic imine (C=N–C) groups is 2. The van der Waals surface area contributed by atoms with Crippen molar-refractivity contribution in [1.82, 2.24) is 5.32 Å². The lowest BCUT2D eigenvalue weighted by atomic mass is 9.95. The number of thioether (sulfide) groups is 1. The van der Waals surface area contributed by atoms with Gasteiger partial charge in [-0.3, -0.25) is 0 Å². The van der Waals surface area contributed by atoms with E-state index in [2.05, 4.69) is 118 Å². The van der Waals surface area contributed by atoms with Gasteiger partial charge in [-0.15, -0.1) is 23.1 Å². The van der Waals surface area contributed by atoms with E-state index in [1.54, 1.807) is 11.8 Å². The Kier molecular flexibility index (Phi) is 7.89. The highest BCUT2D eigenvalue weighted by atomic mass is 32.2. The maximum atomic E-state index is 5.00. The summed E-state index contributed by atoms with van der Waals surface area (Å²) in [7, 11) is 0. The van der Waals surface area contributed by atoms with Crippen molar-refractivity contribution in [3.05, 3.63) is 119 Å². The van der Waals surface area contributed by atoms with E-state index in [1.807, 2.05) is 24.5 Å². The molecule has 4 aromatic carbocycles. The SMILES string of the molecule is C=C(SC)/C(=C\C)C1=NC(c2ccc(-c3cccc4sc5ccc(-c6ccc(C)c(C)c6)cc5c34)cc2)NC(CC)=N1. The minimum absolute atomic E-state index is 0.190. The van der Waals surface area contributed by atoms with E-state index in [0.717, 1.165) is 34.1 Å². The highest BCUT2D eigenvalue weighted by molar-refractivity contribution is 8.02. The van der Waals surface area contributed by atoms with Crippen LogP contribution in [0.4, 0.5) is 0 Å². The van der Waals surface area contributed by atoms with Crippen molar-refractivity contribution in [3.63, 3.8) is 0 Å². The zero-order valence-corrected chi connectivity index (χ0v) is 26.4. The molecule has 0 saturated heterocycles. The lowest BCUT2D eigenvalue weighted by Crippen LogP contribution is -2.32. The summed E-state index contributed by atoms with van der Waals surface area (Å²) in [4.78, 5) is 10.8. The minimum atomic E-state index is -0.190. The summed E-state index contributed by atoms with van der Waals surface area (Å²) in [5, 5.41) is 6.15. The van der Waals surface area contributed by atoms with Gasteiger partial charge in [0.1, 0.15) is 12.0 Å². The van der Waals surface area contributed by atoms with Crippen LogP contribution < -0.4 is 5.32 Å². The Morgan fingerprint density at radius 2 is 1.67 bits per heavy atom.